The highest BCUT2D eigenvalue weighted by molar-refractivity contribution is 5.87. The Kier molecular flexibility index (Phi) is 3.14. The van der Waals surface area contributed by atoms with Crippen LogP contribution in [0.25, 0.3) is 0 Å². The molecular formula is C11H18N2O3. The van der Waals surface area contributed by atoms with Gasteiger partial charge in [-0.1, -0.05) is 0 Å². The average molecular weight is 226 g/mol. The van der Waals surface area contributed by atoms with Crippen molar-refractivity contribution in [1.29, 1.82) is 0 Å². The van der Waals surface area contributed by atoms with Gasteiger partial charge in [-0.2, -0.15) is 0 Å². The summed E-state index contributed by atoms with van der Waals surface area (Å²) >= 11 is 0. The predicted molar refractivity (Wildman–Crippen MR) is 57.8 cm³/mol. The van der Waals surface area contributed by atoms with Crippen LogP contribution in [0.15, 0.2) is 0 Å². The molecule has 2 fully saturated rings. The number of rotatable bonds is 3. The highest BCUT2D eigenvalue weighted by Crippen LogP contribution is 2.31. The molecule has 2 rings (SSSR count). The summed E-state index contributed by atoms with van der Waals surface area (Å²) in [5.74, 6) is -0.261. The molecule has 1 amide bonds. The van der Waals surface area contributed by atoms with E-state index in [-0.39, 0.29) is 24.3 Å². The zero-order valence-corrected chi connectivity index (χ0v) is 9.81. The molecule has 90 valence electrons. The van der Waals surface area contributed by atoms with Gasteiger partial charge in [-0.3, -0.25) is 14.5 Å². The summed E-state index contributed by atoms with van der Waals surface area (Å²) in [5.41, 5.74) is 0. The molecule has 0 bridgehead atoms. The zero-order chi connectivity index (χ0) is 11.7. The van der Waals surface area contributed by atoms with E-state index < -0.39 is 0 Å². The molecule has 1 aliphatic heterocycles. The quantitative estimate of drug-likeness (QED) is 0.628. The first-order valence-corrected chi connectivity index (χ1v) is 5.71. The second-order valence-corrected chi connectivity index (χ2v) is 4.52. The third-order valence-electron chi connectivity index (χ3n) is 3.36. The summed E-state index contributed by atoms with van der Waals surface area (Å²) in [6.07, 6.45) is 2.47. The molecule has 16 heavy (non-hydrogen) atoms. The van der Waals surface area contributed by atoms with Crippen molar-refractivity contribution in [2.45, 2.75) is 31.3 Å². The number of methoxy groups -OCH3 is 1. The smallest absolute Gasteiger partial charge is 0.307 e. The van der Waals surface area contributed by atoms with E-state index in [1.807, 2.05) is 0 Å². The van der Waals surface area contributed by atoms with Crippen molar-refractivity contribution >= 4 is 11.9 Å². The van der Waals surface area contributed by atoms with Crippen molar-refractivity contribution < 1.29 is 14.3 Å². The molecule has 1 saturated carbocycles. The van der Waals surface area contributed by atoms with Crippen molar-refractivity contribution in [3.63, 3.8) is 0 Å². The van der Waals surface area contributed by atoms with Gasteiger partial charge in [0.1, 0.15) is 6.04 Å². The summed E-state index contributed by atoms with van der Waals surface area (Å²) in [7, 11) is 3.15. The van der Waals surface area contributed by atoms with E-state index in [1.165, 1.54) is 7.11 Å². The Morgan fingerprint density at radius 3 is 2.69 bits per heavy atom. The first-order chi connectivity index (χ1) is 7.63. The minimum atomic E-state index is -0.307. The van der Waals surface area contributed by atoms with Gasteiger partial charge < -0.3 is 9.64 Å². The predicted octanol–water partition coefficient (Wildman–Crippen LogP) is -0.145. The lowest BCUT2D eigenvalue weighted by Gasteiger charge is -2.38. The van der Waals surface area contributed by atoms with Crippen LogP contribution < -0.4 is 0 Å². The highest BCUT2D eigenvalue weighted by Gasteiger charge is 2.42. The number of carbonyl (C=O) groups is 2. The lowest BCUT2D eigenvalue weighted by Crippen LogP contribution is -2.57. The van der Waals surface area contributed by atoms with Gasteiger partial charge in [-0.15, -0.1) is 0 Å². The summed E-state index contributed by atoms with van der Waals surface area (Å²) in [6, 6.07) is 0.200. The minimum absolute atomic E-state index is 0.0450. The number of nitrogens with zero attached hydrogens (tertiary/aromatic N) is 2. The topological polar surface area (TPSA) is 49.9 Å². The number of hydrogen-bond acceptors (Lipinski definition) is 4. The SMILES string of the molecule is COC(=O)CC1C(=O)N(C)CCN1C1CC1. The zero-order valence-electron chi connectivity index (χ0n) is 9.81. The highest BCUT2D eigenvalue weighted by atomic mass is 16.5. The second-order valence-electron chi connectivity index (χ2n) is 4.52. The van der Waals surface area contributed by atoms with Crippen molar-refractivity contribution in [2.24, 2.45) is 0 Å². The Morgan fingerprint density at radius 2 is 2.12 bits per heavy atom. The van der Waals surface area contributed by atoms with E-state index in [0.717, 1.165) is 25.9 Å². The number of likely N-dealkylation sites (N-methyl/N-ethyl adjacent to an activating group) is 1. The summed E-state index contributed by atoms with van der Waals surface area (Å²) in [5, 5.41) is 0. The van der Waals surface area contributed by atoms with E-state index in [1.54, 1.807) is 11.9 Å². The average Bonchev–Trinajstić information content (AvgIpc) is 3.08. The fourth-order valence-corrected chi connectivity index (χ4v) is 2.22. The molecule has 1 heterocycles. The largest absolute Gasteiger partial charge is 0.469 e. The molecule has 1 unspecified atom stereocenters. The maximum absolute atomic E-state index is 12.0. The number of hydrogen-bond donors (Lipinski definition) is 0. The third kappa shape index (κ3) is 2.19. The lowest BCUT2D eigenvalue weighted by molar-refractivity contribution is -0.150. The Morgan fingerprint density at radius 1 is 1.44 bits per heavy atom. The van der Waals surface area contributed by atoms with E-state index in [9.17, 15) is 9.59 Å². The molecule has 1 aliphatic carbocycles. The first kappa shape index (κ1) is 11.4. The van der Waals surface area contributed by atoms with E-state index in [0.29, 0.717) is 6.04 Å². The molecule has 0 aromatic heterocycles. The van der Waals surface area contributed by atoms with Gasteiger partial charge in [-0.25, -0.2) is 0 Å². The minimum Gasteiger partial charge on any atom is -0.469 e. The molecule has 2 aliphatic rings. The van der Waals surface area contributed by atoms with Crippen molar-refractivity contribution in [3.05, 3.63) is 0 Å². The molecule has 0 spiro atoms. The van der Waals surface area contributed by atoms with Gasteiger partial charge in [0.2, 0.25) is 5.91 Å². The number of esters is 1. The van der Waals surface area contributed by atoms with Gasteiger partial charge in [0.15, 0.2) is 0 Å². The second kappa shape index (κ2) is 4.41. The maximum atomic E-state index is 12.0. The van der Waals surface area contributed by atoms with Gasteiger partial charge in [-0.05, 0) is 12.8 Å². The fraction of sp³-hybridized carbons (Fsp3) is 0.818. The van der Waals surface area contributed by atoms with Gasteiger partial charge in [0.05, 0.1) is 13.5 Å². The van der Waals surface area contributed by atoms with Crippen LogP contribution in [0, 0.1) is 0 Å². The summed E-state index contributed by atoms with van der Waals surface area (Å²) in [4.78, 5) is 27.2. The normalized spacial score (nSPS) is 27.0. The van der Waals surface area contributed by atoms with Crippen molar-refractivity contribution in [2.75, 3.05) is 27.2 Å². The number of piperazine rings is 1. The molecule has 0 aromatic carbocycles. The Hall–Kier alpha value is -1.10. The molecule has 0 radical (unpaired) electrons. The van der Waals surface area contributed by atoms with E-state index >= 15 is 0 Å². The van der Waals surface area contributed by atoms with Gasteiger partial charge >= 0.3 is 5.97 Å². The molecule has 1 saturated heterocycles. The van der Waals surface area contributed by atoms with Crippen molar-refractivity contribution in [3.8, 4) is 0 Å². The molecule has 1 atom stereocenters. The molecule has 5 heteroatoms. The van der Waals surface area contributed by atoms with E-state index in [4.69, 9.17) is 0 Å². The van der Waals surface area contributed by atoms with E-state index in [2.05, 4.69) is 9.64 Å². The van der Waals surface area contributed by atoms with Crippen LogP contribution in [0.5, 0.6) is 0 Å². The standard InChI is InChI=1S/C11H18N2O3/c1-12-5-6-13(8-3-4-8)9(11(12)15)7-10(14)16-2/h8-9H,3-7H2,1-2H3. The number of ether oxygens (including phenoxy) is 1. The van der Waals surface area contributed by atoms with Crippen LogP contribution in [0.4, 0.5) is 0 Å². The van der Waals surface area contributed by atoms with Gasteiger partial charge in [0.25, 0.3) is 0 Å². The number of carbonyl (C=O) groups excluding carboxylic acids is 2. The monoisotopic (exact) mass is 226 g/mol. The maximum Gasteiger partial charge on any atom is 0.307 e. The molecule has 5 nitrogen and oxygen atoms in total. The molecule has 0 aromatic rings. The van der Waals surface area contributed by atoms with Crippen LogP contribution in [0.2, 0.25) is 0 Å². The lowest BCUT2D eigenvalue weighted by atomic mass is 10.1. The van der Waals surface area contributed by atoms with Gasteiger partial charge in [0, 0.05) is 26.2 Å². The Labute approximate surface area is 95.3 Å². The summed E-state index contributed by atoms with van der Waals surface area (Å²) < 4.78 is 4.65. The molecular weight excluding hydrogens is 208 g/mol. The van der Waals surface area contributed by atoms with Crippen LogP contribution in [0.3, 0.4) is 0 Å². The van der Waals surface area contributed by atoms with Crippen molar-refractivity contribution in [1.82, 2.24) is 9.80 Å². The molecule has 0 N–H and O–H groups in total. The number of amides is 1. The van der Waals surface area contributed by atoms with Crippen LogP contribution in [0.1, 0.15) is 19.3 Å². The van der Waals surface area contributed by atoms with Crippen LogP contribution in [-0.4, -0.2) is 61.0 Å². The Bertz CT molecular complexity index is 302. The Balaban J connectivity index is 2.06. The van der Waals surface area contributed by atoms with Crippen LogP contribution in [-0.2, 0) is 14.3 Å². The first-order valence-electron chi connectivity index (χ1n) is 5.71. The third-order valence-corrected chi connectivity index (χ3v) is 3.36. The van der Waals surface area contributed by atoms with Crippen LogP contribution >= 0.6 is 0 Å². The summed E-state index contributed by atoms with van der Waals surface area (Å²) in [6.45, 7) is 1.63. The fourth-order valence-electron chi connectivity index (χ4n) is 2.22.